The molecule has 0 bridgehead atoms. The molecule has 0 aliphatic carbocycles. The molecule has 0 spiro atoms. The number of hydrogen-bond donors (Lipinski definition) is 0. The average Bonchev–Trinajstić information content (AvgIpc) is 1.97. The van der Waals surface area contributed by atoms with Gasteiger partial charge in [0.25, 0.3) is 5.67 Å². The number of hydrogen-bond acceptors (Lipinski definition) is 0. The Kier molecular flexibility index (Phi) is 4.46. The lowest BCUT2D eigenvalue weighted by molar-refractivity contribution is -0.369. The smallest absolute Gasteiger partial charge is 0.222 e. The van der Waals surface area contributed by atoms with E-state index in [-0.39, 0.29) is 0 Å². The van der Waals surface area contributed by atoms with Crippen molar-refractivity contribution in [3.05, 3.63) is 9.66 Å². The highest BCUT2D eigenvalue weighted by Gasteiger charge is 2.80. The van der Waals surface area contributed by atoms with E-state index in [1.165, 1.54) is 0 Å². The third-order valence-electron chi connectivity index (χ3n) is 1.62. The minimum Gasteiger partial charge on any atom is -0.222 e. The van der Waals surface area contributed by atoms with Crippen molar-refractivity contribution < 1.29 is 39.5 Å². The Morgan fingerprint density at radius 1 is 0.824 bits per heavy atom. The molecule has 0 heterocycles. The molecule has 0 aromatic rings. The molecule has 10 heteroatoms. The quantitative estimate of drug-likeness (QED) is 0.473. The molecule has 0 amide bonds. The van der Waals surface area contributed by atoms with Crippen LogP contribution in [0.25, 0.3) is 0 Å². The number of alkyl halides is 9. The van der Waals surface area contributed by atoms with Crippen molar-refractivity contribution in [3.8, 4) is 0 Å². The zero-order valence-corrected chi connectivity index (χ0v) is 10.0. The van der Waals surface area contributed by atoms with E-state index in [9.17, 15) is 39.5 Å². The Labute approximate surface area is 103 Å². The summed E-state index contributed by atoms with van der Waals surface area (Å²) in [6.07, 6.45) is -13.8. The van der Waals surface area contributed by atoms with E-state index in [2.05, 4.69) is 0 Å². The topological polar surface area (TPSA) is 0 Å². The summed E-state index contributed by atoms with van der Waals surface area (Å²) >= 11 is 0.996. The zero-order chi connectivity index (χ0) is 14.3. The highest BCUT2D eigenvalue weighted by molar-refractivity contribution is 14.1. The average molecular weight is 386 g/mol. The maximum atomic E-state index is 13.1. The second-order valence-corrected chi connectivity index (χ2v) is 4.71. The fourth-order valence-corrected chi connectivity index (χ4v) is 1.26. The monoisotopic (exact) mass is 386 g/mol. The van der Waals surface area contributed by atoms with Crippen molar-refractivity contribution in [1.29, 1.82) is 0 Å². The number of rotatable bonds is 2. The first kappa shape index (κ1) is 16.8. The van der Waals surface area contributed by atoms with Gasteiger partial charge in [0.1, 0.15) is 0 Å². The normalized spacial score (nSPS) is 19.1. The van der Waals surface area contributed by atoms with E-state index >= 15 is 0 Å². The highest BCUT2D eigenvalue weighted by Crippen LogP contribution is 2.53. The van der Waals surface area contributed by atoms with Crippen LogP contribution in [-0.4, -0.2) is 23.9 Å². The lowest BCUT2D eigenvalue weighted by atomic mass is 9.95. The summed E-state index contributed by atoms with van der Waals surface area (Å²) in [5.41, 5.74) is -5.79. The third-order valence-corrected chi connectivity index (χ3v) is 1.93. The van der Waals surface area contributed by atoms with Crippen molar-refractivity contribution in [1.82, 2.24) is 0 Å². The zero-order valence-electron chi connectivity index (χ0n) is 7.86. The van der Waals surface area contributed by atoms with Gasteiger partial charge < -0.3 is 0 Å². The van der Waals surface area contributed by atoms with Gasteiger partial charge in [0.05, 0.1) is 0 Å². The van der Waals surface area contributed by atoms with Gasteiger partial charge in [-0.3, -0.25) is 0 Å². The summed E-state index contributed by atoms with van der Waals surface area (Å²) in [6, 6.07) is 0. The second-order valence-electron chi connectivity index (χ2n) is 3.01. The molecule has 0 nitrogen and oxygen atoms in total. The van der Waals surface area contributed by atoms with Gasteiger partial charge in [-0.15, -0.1) is 0 Å². The Hall–Kier alpha value is -0.160. The molecule has 0 saturated carbocycles. The van der Waals surface area contributed by atoms with Crippen molar-refractivity contribution in [2.24, 2.45) is 0 Å². The molecule has 0 fully saturated rings. The van der Waals surface area contributed by atoms with E-state index in [4.69, 9.17) is 0 Å². The predicted molar refractivity (Wildman–Crippen MR) is 48.7 cm³/mol. The summed E-state index contributed by atoms with van der Waals surface area (Å²) in [4.78, 5) is 0. The lowest BCUT2D eigenvalue weighted by Gasteiger charge is -2.33. The SMILES string of the molecule is CC(I)=CC(F)(C(F)(F)F)C(F)(F)C(F)(F)F. The van der Waals surface area contributed by atoms with Crippen LogP contribution in [0, 0.1) is 0 Å². The Morgan fingerprint density at radius 3 is 1.35 bits per heavy atom. The van der Waals surface area contributed by atoms with Crippen LogP contribution in [0.2, 0.25) is 0 Å². The Morgan fingerprint density at radius 2 is 1.18 bits per heavy atom. The summed E-state index contributed by atoms with van der Waals surface area (Å²) in [7, 11) is 0. The van der Waals surface area contributed by atoms with Crippen LogP contribution in [0.5, 0.6) is 0 Å². The van der Waals surface area contributed by atoms with Gasteiger partial charge in [-0.2, -0.15) is 35.1 Å². The van der Waals surface area contributed by atoms with E-state index in [1.54, 1.807) is 0 Å². The molecule has 17 heavy (non-hydrogen) atoms. The molecule has 0 rings (SSSR count). The summed E-state index contributed by atoms with van der Waals surface area (Å²) in [5, 5.41) is 0. The van der Waals surface area contributed by atoms with Crippen LogP contribution in [0.3, 0.4) is 0 Å². The summed E-state index contributed by atoms with van der Waals surface area (Å²) in [5.74, 6) is -6.56. The van der Waals surface area contributed by atoms with Crippen molar-refractivity contribution in [3.63, 3.8) is 0 Å². The van der Waals surface area contributed by atoms with Crippen LogP contribution < -0.4 is 0 Å². The Bertz CT molecular complexity index is 308. The van der Waals surface area contributed by atoms with Crippen molar-refractivity contribution in [2.75, 3.05) is 0 Å². The fraction of sp³-hybridized carbons (Fsp3) is 0.714. The highest BCUT2D eigenvalue weighted by atomic mass is 127. The van der Waals surface area contributed by atoms with E-state index in [1.807, 2.05) is 0 Å². The third kappa shape index (κ3) is 2.99. The maximum Gasteiger partial charge on any atom is 0.457 e. The van der Waals surface area contributed by atoms with Gasteiger partial charge in [-0.25, -0.2) is 4.39 Å². The van der Waals surface area contributed by atoms with Gasteiger partial charge in [-0.1, -0.05) is 0 Å². The minimum absolute atomic E-state index is 0.689. The molecule has 0 aromatic heterocycles. The van der Waals surface area contributed by atoms with Crippen LogP contribution in [0.15, 0.2) is 9.66 Å². The van der Waals surface area contributed by atoms with Crippen LogP contribution in [-0.2, 0) is 0 Å². The van der Waals surface area contributed by atoms with Crippen LogP contribution in [0.1, 0.15) is 6.92 Å². The second kappa shape index (κ2) is 4.50. The van der Waals surface area contributed by atoms with Crippen molar-refractivity contribution in [2.45, 2.75) is 30.9 Å². The fourth-order valence-electron chi connectivity index (χ4n) is 0.831. The van der Waals surface area contributed by atoms with E-state index < -0.39 is 33.6 Å². The molecule has 1 atom stereocenters. The first-order valence-corrected chi connectivity index (χ1v) is 4.80. The maximum absolute atomic E-state index is 13.1. The molecule has 102 valence electrons. The predicted octanol–water partition coefficient (Wildman–Crippen LogP) is 4.79. The number of allylic oxidation sites excluding steroid dienone is 2. The molecular formula is C7H4F9I. The summed E-state index contributed by atoms with van der Waals surface area (Å²) in [6.45, 7) is 0.757. The molecule has 0 aromatic carbocycles. The van der Waals surface area contributed by atoms with E-state index in [0.29, 0.717) is 0 Å². The first-order chi connectivity index (χ1) is 7.17. The molecule has 0 radical (unpaired) electrons. The lowest BCUT2D eigenvalue weighted by Crippen LogP contribution is -2.61. The van der Waals surface area contributed by atoms with Gasteiger partial charge in [0, 0.05) is 0 Å². The van der Waals surface area contributed by atoms with Gasteiger partial charge in [0.15, 0.2) is 0 Å². The molecule has 0 saturated heterocycles. The minimum atomic E-state index is -6.65. The van der Waals surface area contributed by atoms with E-state index in [0.717, 1.165) is 29.5 Å². The molecular weight excluding hydrogens is 382 g/mol. The van der Waals surface area contributed by atoms with Crippen LogP contribution in [0.4, 0.5) is 39.5 Å². The standard InChI is InChI=1S/C7H4F9I/c1-3(17)2-4(8,6(11,12)13)5(9,10)7(14,15)16/h2H,1H3. The molecule has 0 aliphatic heterocycles. The summed E-state index contributed by atoms with van der Waals surface area (Å²) < 4.78 is 109. The first-order valence-electron chi connectivity index (χ1n) is 3.72. The molecule has 0 aliphatic rings. The van der Waals surface area contributed by atoms with Crippen LogP contribution >= 0.6 is 22.6 Å². The largest absolute Gasteiger partial charge is 0.457 e. The molecule has 0 N–H and O–H groups in total. The number of halogens is 10. The van der Waals surface area contributed by atoms with Gasteiger partial charge in [-0.05, 0) is 39.2 Å². The van der Waals surface area contributed by atoms with Gasteiger partial charge in [0.2, 0.25) is 0 Å². The Balaban J connectivity index is 5.93. The molecule has 1 unspecified atom stereocenters. The van der Waals surface area contributed by atoms with Gasteiger partial charge >= 0.3 is 18.3 Å². The van der Waals surface area contributed by atoms with Crippen molar-refractivity contribution >= 4 is 22.6 Å².